The minimum absolute atomic E-state index is 0.375. The zero-order valence-corrected chi connectivity index (χ0v) is 12.4. The summed E-state index contributed by atoms with van der Waals surface area (Å²) < 4.78 is 5.32. The maximum absolute atomic E-state index is 5.32. The van der Waals surface area contributed by atoms with Crippen molar-refractivity contribution in [3.05, 3.63) is 29.8 Å². The topological polar surface area (TPSA) is 24.5 Å². The van der Waals surface area contributed by atoms with Crippen molar-refractivity contribution in [2.24, 2.45) is 5.92 Å². The molecular formula is C16H26N2O. The third-order valence-corrected chi connectivity index (χ3v) is 4.03. The first-order valence-electron chi connectivity index (χ1n) is 7.26. The smallest absolute Gasteiger partial charge is 0.119 e. The van der Waals surface area contributed by atoms with Crippen molar-refractivity contribution < 1.29 is 4.74 Å². The molecule has 1 heterocycles. The number of ether oxygens (including phenoxy) is 1. The minimum Gasteiger partial charge on any atom is -0.497 e. The van der Waals surface area contributed by atoms with E-state index in [1.54, 1.807) is 7.11 Å². The van der Waals surface area contributed by atoms with Crippen molar-refractivity contribution in [2.45, 2.75) is 25.8 Å². The number of nitrogens with zero attached hydrogens (tertiary/aromatic N) is 1. The maximum atomic E-state index is 5.32. The average molecular weight is 262 g/mol. The van der Waals surface area contributed by atoms with Crippen LogP contribution >= 0.6 is 0 Å². The Morgan fingerprint density at radius 3 is 3.00 bits per heavy atom. The number of likely N-dealkylation sites (N-methyl/N-ethyl adjacent to an activating group) is 1. The van der Waals surface area contributed by atoms with Crippen LogP contribution in [0.25, 0.3) is 0 Å². The van der Waals surface area contributed by atoms with Crippen LogP contribution in [-0.4, -0.2) is 38.7 Å². The number of likely N-dealkylation sites (tertiary alicyclic amines) is 1. The monoisotopic (exact) mass is 262 g/mol. The van der Waals surface area contributed by atoms with Gasteiger partial charge in [0.1, 0.15) is 5.75 Å². The van der Waals surface area contributed by atoms with Gasteiger partial charge in [-0.15, -0.1) is 0 Å². The molecule has 2 unspecified atom stereocenters. The van der Waals surface area contributed by atoms with E-state index >= 15 is 0 Å². The van der Waals surface area contributed by atoms with Gasteiger partial charge in [-0.05, 0) is 50.0 Å². The summed E-state index contributed by atoms with van der Waals surface area (Å²) in [6.45, 7) is 5.88. The standard InChI is InChI=1S/C16H26N2O/c1-13-6-5-9-18(11-13)12-16(17-2)14-7-4-8-15(10-14)19-3/h4,7-8,10,13,16-17H,5-6,9,11-12H2,1-3H3. The average Bonchev–Trinajstić information content (AvgIpc) is 2.45. The van der Waals surface area contributed by atoms with E-state index in [9.17, 15) is 0 Å². The second-order valence-electron chi connectivity index (χ2n) is 5.62. The van der Waals surface area contributed by atoms with Crippen LogP contribution in [0.2, 0.25) is 0 Å². The molecule has 1 N–H and O–H groups in total. The summed E-state index contributed by atoms with van der Waals surface area (Å²) in [7, 11) is 3.76. The number of hydrogen-bond donors (Lipinski definition) is 1. The summed E-state index contributed by atoms with van der Waals surface area (Å²) >= 11 is 0. The number of methoxy groups -OCH3 is 1. The van der Waals surface area contributed by atoms with Crippen LogP contribution in [0.4, 0.5) is 0 Å². The number of piperidine rings is 1. The lowest BCUT2D eigenvalue weighted by molar-refractivity contribution is 0.169. The zero-order chi connectivity index (χ0) is 13.7. The van der Waals surface area contributed by atoms with Crippen molar-refractivity contribution >= 4 is 0 Å². The summed E-state index contributed by atoms with van der Waals surface area (Å²) in [5, 5.41) is 3.43. The molecule has 1 aliphatic rings. The molecule has 1 aromatic rings. The molecule has 2 rings (SSSR count). The lowest BCUT2D eigenvalue weighted by Crippen LogP contribution is -2.39. The summed E-state index contributed by atoms with van der Waals surface area (Å²) in [5.74, 6) is 1.77. The molecule has 0 spiro atoms. The first-order chi connectivity index (χ1) is 9.22. The molecule has 3 nitrogen and oxygen atoms in total. The molecule has 1 fully saturated rings. The zero-order valence-electron chi connectivity index (χ0n) is 12.4. The van der Waals surface area contributed by atoms with Crippen LogP contribution in [0.3, 0.4) is 0 Å². The van der Waals surface area contributed by atoms with E-state index in [0.29, 0.717) is 6.04 Å². The van der Waals surface area contributed by atoms with Gasteiger partial charge in [-0.1, -0.05) is 19.1 Å². The van der Waals surface area contributed by atoms with Gasteiger partial charge in [0.2, 0.25) is 0 Å². The Morgan fingerprint density at radius 2 is 2.32 bits per heavy atom. The molecule has 0 radical (unpaired) electrons. The normalized spacial score (nSPS) is 22.2. The predicted octanol–water partition coefficient (Wildman–Crippen LogP) is 2.69. The quantitative estimate of drug-likeness (QED) is 0.883. The Morgan fingerprint density at radius 1 is 1.47 bits per heavy atom. The van der Waals surface area contributed by atoms with Crippen LogP contribution < -0.4 is 10.1 Å². The van der Waals surface area contributed by atoms with E-state index < -0.39 is 0 Å². The third kappa shape index (κ3) is 3.95. The highest BCUT2D eigenvalue weighted by atomic mass is 16.5. The number of rotatable bonds is 5. The first-order valence-corrected chi connectivity index (χ1v) is 7.26. The molecular weight excluding hydrogens is 236 g/mol. The Hall–Kier alpha value is -1.06. The van der Waals surface area contributed by atoms with E-state index in [1.807, 2.05) is 13.1 Å². The van der Waals surface area contributed by atoms with Crippen molar-refractivity contribution in [1.82, 2.24) is 10.2 Å². The van der Waals surface area contributed by atoms with Crippen molar-refractivity contribution in [3.63, 3.8) is 0 Å². The van der Waals surface area contributed by atoms with E-state index in [2.05, 4.69) is 35.3 Å². The van der Waals surface area contributed by atoms with Gasteiger partial charge in [0.25, 0.3) is 0 Å². The number of benzene rings is 1. The minimum atomic E-state index is 0.375. The Labute approximate surface area is 116 Å². The molecule has 0 saturated carbocycles. The Balaban J connectivity index is 2.02. The molecule has 0 bridgehead atoms. The summed E-state index contributed by atoms with van der Waals surface area (Å²) in [5.41, 5.74) is 1.31. The number of hydrogen-bond acceptors (Lipinski definition) is 3. The summed E-state index contributed by atoms with van der Waals surface area (Å²) in [6.07, 6.45) is 2.70. The molecule has 106 valence electrons. The lowest BCUT2D eigenvalue weighted by atomic mass is 9.98. The molecule has 0 aliphatic carbocycles. The third-order valence-electron chi connectivity index (χ3n) is 4.03. The highest BCUT2D eigenvalue weighted by molar-refractivity contribution is 5.30. The SMILES string of the molecule is CNC(CN1CCCC(C)C1)c1cccc(OC)c1. The van der Waals surface area contributed by atoms with E-state index in [-0.39, 0.29) is 0 Å². The van der Waals surface area contributed by atoms with Gasteiger partial charge in [-0.3, -0.25) is 0 Å². The molecule has 1 aromatic carbocycles. The van der Waals surface area contributed by atoms with Crippen LogP contribution in [-0.2, 0) is 0 Å². The molecule has 19 heavy (non-hydrogen) atoms. The van der Waals surface area contributed by atoms with Gasteiger partial charge in [0.15, 0.2) is 0 Å². The van der Waals surface area contributed by atoms with E-state index in [0.717, 1.165) is 18.2 Å². The number of nitrogens with one attached hydrogen (secondary N) is 1. The van der Waals surface area contributed by atoms with E-state index in [4.69, 9.17) is 4.74 Å². The molecule has 2 atom stereocenters. The fourth-order valence-corrected chi connectivity index (χ4v) is 2.93. The lowest BCUT2D eigenvalue weighted by Gasteiger charge is -2.33. The Kier molecular flexibility index (Phi) is 5.23. The fourth-order valence-electron chi connectivity index (χ4n) is 2.93. The maximum Gasteiger partial charge on any atom is 0.119 e. The molecule has 0 amide bonds. The van der Waals surface area contributed by atoms with Crippen molar-refractivity contribution in [3.8, 4) is 5.75 Å². The van der Waals surface area contributed by atoms with Gasteiger partial charge in [0.05, 0.1) is 7.11 Å². The largest absolute Gasteiger partial charge is 0.497 e. The fraction of sp³-hybridized carbons (Fsp3) is 0.625. The summed E-state index contributed by atoms with van der Waals surface area (Å²) in [4.78, 5) is 2.58. The van der Waals surface area contributed by atoms with Crippen LogP contribution in [0, 0.1) is 5.92 Å². The highest BCUT2D eigenvalue weighted by Crippen LogP contribution is 2.22. The van der Waals surface area contributed by atoms with Crippen molar-refractivity contribution in [1.29, 1.82) is 0 Å². The molecule has 3 heteroatoms. The van der Waals surface area contributed by atoms with Crippen LogP contribution in [0.1, 0.15) is 31.4 Å². The molecule has 0 aromatic heterocycles. The van der Waals surface area contributed by atoms with E-state index in [1.165, 1.54) is 31.5 Å². The van der Waals surface area contributed by atoms with Gasteiger partial charge >= 0.3 is 0 Å². The second-order valence-corrected chi connectivity index (χ2v) is 5.62. The predicted molar refractivity (Wildman–Crippen MR) is 79.6 cm³/mol. The molecule has 1 aliphatic heterocycles. The highest BCUT2D eigenvalue weighted by Gasteiger charge is 2.20. The summed E-state index contributed by atoms with van der Waals surface area (Å²) in [6, 6.07) is 8.75. The Bertz CT molecular complexity index is 394. The van der Waals surface area contributed by atoms with Gasteiger partial charge < -0.3 is 15.0 Å². The van der Waals surface area contributed by atoms with Crippen molar-refractivity contribution in [2.75, 3.05) is 33.8 Å². The van der Waals surface area contributed by atoms with Gasteiger partial charge in [-0.25, -0.2) is 0 Å². The first kappa shape index (κ1) is 14.4. The van der Waals surface area contributed by atoms with Crippen LogP contribution in [0.5, 0.6) is 5.75 Å². The van der Waals surface area contributed by atoms with Gasteiger partial charge in [-0.2, -0.15) is 0 Å². The van der Waals surface area contributed by atoms with Crippen LogP contribution in [0.15, 0.2) is 24.3 Å². The van der Waals surface area contributed by atoms with Gasteiger partial charge in [0, 0.05) is 19.1 Å². The molecule has 1 saturated heterocycles. The second kappa shape index (κ2) is 6.92.